The molecule has 0 unspecified atom stereocenters. The molecule has 3 aromatic carbocycles. The maximum Gasteiger partial charge on any atom is 0.270 e. The van der Waals surface area contributed by atoms with Gasteiger partial charge in [-0.3, -0.25) is 14.5 Å². The zero-order valence-electron chi connectivity index (χ0n) is 23.2. The summed E-state index contributed by atoms with van der Waals surface area (Å²) in [4.78, 5) is 35.3. The highest BCUT2D eigenvalue weighted by Gasteiger charge is 2.27. The average Bonchev–Trinajstić information content (AvgIpc) is 3.31. The van der Waals surface area contributed by atoms with E-state index in [1.54, 1.807) is 11.0 Å². The van der Waals surface area contributed by atoms with Gasteiger partial charge in [-0.2, -0.15) is 0 Å². The molecule has 214 valence electrons. The number of carbonyl (C=O) groups excluding carboxylic acids is 2. The molecule has 1 aromatic heterocycles. The van der Waals surface area contributed by atoms with Gasteiger partial charge in [0.05, 0.1) is 5.69 Å². The lowest BCUT2D eigenvalue weighted by molar-refractivity contribution is -0.116. The summed E-state index contributed by atoms with van der Waals surface area (Å²) in [5, 5.41) is 0.635. The Morgan fingerprint density at radius 3 is 2.39 bits per heavy atom. The first kappa shape index (κ1) is 28.4. The van der Waals surface area contributed by atoms with Crippen LogP contribution < -0.4 is 4.90 Å². The summed E-state index contributed by atoms with van der Waals surface area (Å²) in [6.07, 6.45) is 1.10. The molecular weight excluding hydrogens is 529 g/mol. The van der Waals surface area contributed by atoms with Crippen LogP contribution in [0.15, 0.2) is 60.7 Å². The number of amides is 2. The first-order valence-electron chi connectivity index (χ1n) is 13.9. The van der Waals surface area contributed by atoms with Crippen molar-refractivity contribution in [1.29, 1.82) is 0 Å². The summed E-state index contributed by atoms with van der Waals surface area (Å²) < 4.78 is 43.1. The van der Waals surface area contributed by atoms with Gasteiger partial charge in [0.1, 0.15) is 11.5 Å². The van der Waals surface area contributed by atoms with E-state index in [4.69, 9.17) is 0 Å². The number of aromatic amines is 1. The Balaban J connectivity index is 1.57. The molecule has 9 heteroatoms. The van der Waals surface area contributed by atoms with Crippen molar-refractivity contribution in [1.82, 2.24) is 14.8 Å². The Hall–Kier alpha value is -4.11. The van der Waals surface area contributed by atoms with Crippen molar-refractivity contribution >= 4 is 28.4 Å². The van der Waals surface area contributed by atoms with Gasteiger partial charge in [0.2, 0.25) is 5.91 Å². The van der Waals surface area contributed by atoms with Crippen molar-refractivity contribution in [2.24, 2.45) is 0 Å². The van der Waals surface area contributed by atoms with E-state index in [0.29, 0.717) is 73.3 Å². The quantitative estimate of drug-likeness (QED) is 0.330. The van der Waals surface area contributed by atoms with Gasteiger partial charge in [0.25, 0.3) is 5.91 Å². The van der Waals surface area contributed by atoms with Crippen LogP contribution >= 0.6 is 0 Å². The predicted molar refractivity (Wildman–Crippen MR) is 153 cm³/mol. The molecular formula is C32H33F3N4O2. The fourth-order valence-corrected chi connectivity index (χ4v) is 5.61. The molecule has 0 saturated heterocycles. The number of H-pyrrole nitrogens is 1. The highest BCUT2D eigenvalue weighted by Crippen LogP contribution is 2.29. The van der Waals surface area contributed by atoms with E-state index in [-0.39, 0.29) is 24.0 Å². The van der Waals surface area contributed by atoms with Crippen molar-refractivity contribution in [2.45, 2.75) is 39.8 Å². The zero-order chi connectivity index (χ0) is 29.1. The van der Waals surface area contributed by atoms with Crippen molar-refractivity contribution < 1.29 is 22.8 Å². The monoisotopic (exact) mass is 562 g/mol. The molecule has 0 radical (unpaired) electrons. The molecule has 5 rings (SSSR count). The summed E-state index contributed by atoms with van der Waals surface area (Å²) in [5.41, 5.74) is 3.37. The fourth-order valence-electron chi connectivity index (χ4n) is 5.61. The second-order valence-electron chi connectivity index (χ2n) is 10.4. The van der Waals surface area contributed by atoms with Gasteiger partial charge < -0.3 is 14.8 Å². The number of anilines is 1. The molecule has 1 aliphatic heterocycles. The van der Waals surface area contributed by atoms with Gasteiger partial charge in [-0.05, 0) is 53.8 Å². The Labute approximate surface area is 237 Å². The first-order valence-corrected chi connectivity index (χ1v) is 13.9. The van der Waals surface area contributed by atoms with Crippen molar-refractivity contribution in [3.8, 4) is 0 Å². The molecule has 0 fully saturated rings. The van der Waals surface area contributed by atoms with E-state index in [9.17, 15) is 22.8 Å². The van der Waals surface area contributed by atoms with E-state index >= 15 is 0 Å². The van der Waals surface area contributed by atoms with Crippen LogP contribution in [0.5, 0.6) is 0 Å². The van der Waals surface area contributed by atoms with Crippen molar-refractivity contribution in [2.75, 3.05) is 31.1 Å². The molecule has 1 aliphatic rings. The lowest BCUT2D eigenvalue weighted by Crippen LogP contribution is -2.39. The standard InChI is InChI=1S/C32H33F3N4O2/c1-3-25-26-17-24(33)10-11-29(26)36-31(25)32(41)38-15-14-37(19-22-8-5-4-6-9-22)12-7-13-39(21(2)40)30-18-28(35)27(34)16-23(30)20-38/h4-6,8-11,16-18,36H,3,7,12-15,19-20H2,1-2H3. The normalized spacial score (nSPS) is 15.0. The van der Waals surface area contributed by atoms with E-state index in [1.165, 1.54) is 24.0 Å². The minimum absolute atomic E-state index is 0.0405. The molecule has 2 amide bonds. The van der Waals surface area contributed by atoms with E-state index in [1.807, 2.05) is 37.3 Å². The number of hydrogen-bond acceptors (Lipinski definition) is 3. The van der Waals surface area contributed by atoms with Gasteiger partial charge >= 0.3 is 0 Å². The van der Waals surface area contributed by atoms with Gasteiger partial charge in [-0.1, -0.05) is 37.3 Å². The van der Waals surface area contributed by atoms with Crippen LogP contribution in [0.2, 0.25) is 0 Å². The molecule has 0 bridgehead atoms. The largest absolute Gasteiger partial charge is 0.350 e. The summed E-state index contributed by atoms with van der Waals surface area (Å²) in [6, 6.07) is 16.4. The molecule has 2 heterocycles. The third-order valence-electron chi connectivity index (χ3n) is 7.67. The van der Waals surface area contributed by atoms with Crippen LogP contribution in [-0.2, 0) is 24.3 Å². The second kappa shape index (κ2) is 12.2. The molecule has 41 heavy (non-hydrogen) atoms. The number of aryl methyl sites for hydroxylation is 1. The van der Waals surface area contributed by atoms with Crippen LogP contribution in [0.25, 0.3) is 10.9 Å². The van der Waals surface area contributed by atoms with Gasteiger partial charge in [-0.15, -0.1) is 0 Å². The Morgan fingerprint density at radius 2 is 1.66 bits per heavy atom. The topological polar surface area (TPSA) is 59.7 Å². The number of benzene rings is 3. The number of fused-ring (bicyclic) bond motifs is 2. The molecule has 0 spiro atoms. The van der Waals surface area contributed by atoms with Gasteiger partial charge in [0, 0.05) is 63.2 Å². The molecule has 6 nitrogen and oxygen atoms in total. The van der Waals surface area contributed by atoms with Gasteiger partial charge in [0.15, 0.2) is 11.6 Å². The smallest absolute Gasteiger partial charge is 0.270 e. The number of nitrogens with zero attached hydrogens (tertiary/aromatic N) is 3. The molecule has 1 N–H and O–H groups in total. The lowest BCUT2D eigenvalue weighted by Gasteiger charge is -2.28. The maximum atomic E-state index is 14.6. The number of halogens is 3. The van der Waals surface area contributed by atoms with E-state index in [2.05, 4.69) is 9.88 Å². The second-order valence-corrected chi connectivity index (χ2v) is 10.4. The Morgan fingerprint density at radius 1 is 0.902 bits per heavy atom. The minimum atomic E-state index is -1.06. The number of carbonyl (C=O) groups is 2. The van der Waals surface area contributed by atoms with Crippen LogP contribution in [0, 0.1) is 17.5 Å². The highest BCUT2D eigenvalue weighted by molar-refractivity contribution is 6.01. The van der Waals surface area contributed by atoms with Crippen molar-refractivity contribution in [3.05, 3.63) is 100 Å². The third kappa shape index (κ3) is 6.15. The number of rotatable bonds is 4. The first-order chi connectivity index (χ1) is 19.7. The summed E-state index contributed by atoms with van der Waals surface area (Å²) in [5.74, 6) is -3.12. The molecule has 4 aromatic rings. The van der Waals surface area contributed by atoms with Gasteiger partial charge in [-0.25, -0.2) is 13.2 Å². The Kier molecular flexibility index (Phi) is 8.44. The van der Waals surface area contributed by atoms with Crippen molar-refractivity contribution in [3.63, 3.8) is 0 Å². The van der Waals surface area contributed by atoms with Crippen LogP contribution in [-0.4, -0.2) is 52.8 Å². The highest BCUT2D eigenvalue weighted by atomic mass is 19.2. The zero-order valence-corrected chi connectivity index (χ0v) is 23.2. The third-order valence-corrected chi connectivity index (χ3v) is 7.67. The van der Waals surface area contributed by atoms with E-state index in [0.717, 1.165) is 17.7 Å². The number of nitrogens with one attached hydrogen (secondary N) is 1. The molecule has 0 saturated carbocycles. The molecule has 0 atom stereocenters. The van der Waals surface area contributed by atoms with Crippen LogP contribution in [0.1, 0.15) is 47.4 Å². The summed E-state index contributed by atoms with van der Waals surface area (Å²) in [6.45, 7) is 5.68. The van der Waals surface area contributed by atoms with Crippen LogP contribution in [0.4, 0.5) is 18.9 Å². The number of aromatic nitrogens is 1. The predicted octanol–water partition coefficient (Wildman–Crippen LogP) is 6.05. The fraction of sp³-hybridized carbons (Fsp3) is 0.312. The van der Waals surface area contributed by atoms with E-state index < -0.39 is 17.5 Å². The Bertz CT molecular complexity index is 1570. The molecule has 0 aliphatic carbocycles. The maximum absolute atomic E-state index is 14.6. The SMILES string of the molecule is CCc1c(C(=O)N2CCN(Cc3ccccc3)CCCN(C(C)=O)c3cc(F)c(F)cc3C2)[nH]c2ccc(F)cc12. The minimum Gasteiger partial charge on any atom is -0.350 e. The summed E-state index contributed by atoms with van der Waals surface area (Å²) in [7, 11) is 0. The lowest BCUT2D eigenvalue weighted by atomic mass is 10.1. The number of hydrogen-bond donors (Lipinski definition) is 1. The average molecular weight is 563 g/mol. The summed E-state index contributed by atoms with van der Waals surface area (Å²) >= 11 is 0. The van der Waals surface area contributed by atoms with Crippen LogP contribution in [0.3, 0.4) is 0 Å².